The average molecular weight is 339 g/mol. The first-order valence-electron chi connectivity index (χ1n) is 8.06. The summed E-state index contributed by atoms with van der Waals surface area (Å²) in [6.45, 7) is 0.883. The first-order valence-corrected chi connectivity index (χ1v) is 8.06. The SMILES string of the molecule is COc1ccc2c(c1)C(=O)CC1(CCN(C(=O)c3cnccn3)C1)O2. The Bertz CT molecular complexity index is 839. The van der Waals surface area contributed by atoms with Crippen LogP contribution in [0.2, 0.25) is 0 Å². The fraction of sp³-hybridized carbons (Fsp3) is 0.333. The minimum Gasteiger partial charge on any atom is -0.497 e. The van der Waals surface area contributed by atoms with E-state index in [1.54, 1.807) is 30.2 Å². The lowest BCUT2D eigenvalue weighted by Crippen LogP contribution is -2.45. The van der Waals surface area contributed by atoms with Crippen LogP contribution in [0.5, 0.6) is 11.5 Å². The third-order valence-corrected chi connectivity index (χ3v) is 4.68. The number of nitrogens with zero attached hydrogens (tertiary/aromatic N) is 3. The zero-order valence-electron chi connectivity index (χ0n) is 13.8. The van der Waals surface area contributed by atoms with E-state index < -0.39 is 5.60 Å². The van der Waals surface area contributed by atoms with Crippen molar-refractivity contribution in [3.8, 4) is 11.5 Å². The van der Waals surface area contributed by atoms with Crippen molar-refractivity contribution in [3.05, 3.63) is 48.0 Å². The molecule has 0 bridgehead atoms. The number of methoxy groups -OCH3 is 1. The van der Waals surface area contributed by atoms with E-state index in [0.717, 1.165) is 0 Å². The van der Waals surface area contributed by atoms with Crippen LogP contribution in [0.3, 0.4) is 0 Å². The molecule has 0 radical (unpaired) electrons. The van der Waals surface area contributed by atoms with E-state index in [1.165, 1.54) is 18.6 Å². The van der Waals surface area contributed by atoms with Crippen molar-refractivity contribution in [2.45, 2.75) is 18.4 Å². The molecule has 1 fully saturated rings. The van der Waals surface area contributed by atoms with Gasteiger partial charge >= 0.3 is 0 Å². The molecule has 1 aromatic carbocycles. The molecule has 25 heavy (non-hydrogen) atoms. The van der Waals surface area contributed by atoms with Gasteiger partial charge in [0, 0.05) is 25.4 Å². The topological polar surface area (TPSA) is 81.6 Å². The molecule has 1 amide bonds. The number of ether oxygens (including phenoxy) is 2. The van der Waals surface area contributed by atoms with Crippen molar-refractivity contribution in [1.29, 1.82) is 0 Å². The smallest absolute Gasteiger partial charge is 0.274 e. The summed E-state index contributed by atoms with van der Waals surface area (Å²) in [5.41, 5.74) is 0.159. The maximum Gasteiger partial charge on any atom is 0.274 e. The fourth-order valence-electron chi connectivity index (χ4n) is 3.42. The lowest BCUT2D eigenvalue weighted by molar-refractivity contribution is 0.0426. The number of amides is 1. The summed E-state index contributed by atoms with van der Waals surface area (Å²) in [6.07, 6.45) is 5.31. The van der Waals surface area contributed by atoms with Gasteiger partial charge in [-0.2, -0.15) is 0 Å². The lowest BCUT2D eigenvalue weighted by Gasteiger charge is -2.34. The monoisotopic (exact) mass is 339 g/mol. The molecule has 128 valence electrons. The number of rotatable bonds is 2. The van der Waals surface area contributed by atoms with Crippen molar-refractivity contribution in [1.82, 2.24) is 14.9 Å². The molecule has 7 nitrogen and oxygen atoms in total. The summed E-state index contributed by atoms with van der Waals surface area (Å²) in [6, 6.07) is 5.21. The van der Waals surface area contributed by atoms with Gasteiger partial charge in [-0.15, -0.1) is 0 Å². The Morgan fingerprint density at radius 3 is 3.00 bits per heavy atom. The minimum absolute atomic E-state index is 0.00829. The normalized spacial score (nSPS) is 21.8. The van der Waals surface area contributed by atoms with Gasteiger partial charge in [-0.3, -0.25) is 14.6 Å². The van der Waals surface area contributed by atoms with Crippen LogP contribution in [0.15, 0.2) is 36.8 Å². The Labute approximate surface area is 144 Å². The molecule has 2 aliphatic rings. The number of hydrogen-bond acceptors (Lipinski definition) is 6. The van der Waals surface area contributed by atoms with E-state index in [0.29, 0.717) is 42.3 Å². The Morgan fingerprint density at radius 1 is 1.36 bits per heavy atom. The molecule has 3 heterocycles. The van der Waals surface area contributed by atoms with E-state index in [4.69, 9.17) is 9.47 Å². The molecule has 2 aliphatic heterocycles. The molecule has 1 aromatic heterocycles. The van der Waals surface area contributed by atoms with E-state index >= 15 is 0 Å². The number of likely N-dealkylation sites (tertiary alicyclic amines) is 1. The second kappa shape index (κ2) is 5.84. The highest BCUT2D eigenvalue weighted by molar-refractivity contribution is 6.01. The van der Waals surface area contributed by atoms with E-state index in [9.17, 15) is 9.59 Å². The summed E-state index contributed by atoms with van der Waals surface area (Å²) >= 11 is 0. The second-order valence-corrected chi connectivity index (χ2v) is 6.31. The molecule has 1 unspecified atom stereocenters. The summed E-state index contributed by atoms with van der Waals surface area (Å²) in [7, 11) is 1.56. The molecule has 7 heteroatoms. The molecular formula is C18H17N3O4. The van der Waals surface area contributed by atoms with Gasteiger partial charge in [0.1, 0.15) is 22.8 Å². The zero-order valence-corrected chi connectivity index (χ0v) is 13.8. The van der Waals surface area contributed by atoms with E-state index in [1.807, 2.05) is 0 Å². The summed E-state index contributed by atoms with van der Waals surface area (Å²) in [4.78, 5) is 34.8. The van der Waals surface area contributed by atoms with Crippen molar-refractivity contribution in [3.63, 3.8) is 0 Å². The Morgan fingerprint density at radius 2 is 2.24 bits per heavy atom. The van der Waals surface area contributed by atoms with Crippen molar-refractivity contribution < 1.29 is 19.1 Å². The number of fused-ring (bicyclic) bond motifs is 1. The zero-order chi connectivity index (χ0) is 17.4. The van der Waals surface area contributed by atoms with Gasteiger partial charge < -0.3 is 14.4 Å². The van der Waals surface area contributed by atoms with E-state index in [-0.39, 0.29) is 18.1 Å². The van der Waals surface area contributed by atoms with Gasteiger partial charge in [0.15, 0.2) is 5.78 Å². The standard InChI is InChI=1S/C18H17N3O4/c1-24-12-2-3-16-13(8-12)15(22)9-18(25-16)4-7-21(11-18)17(23)14-10-19-5-6-20-14/h2-3,5-6,8,10H,4,7,9,11H2,1H3. The van der Waals surface area contributed by atoms with Crippen LogP contribution in [-0.2, 0) is 0 Å². The molecule has 1 atom stereocenters. The number of carbonyl (C=O) groups is 2. The Hall–Kier alpha value is -2.96. The predicted molar refractivity (Wildman–Crippen MR) is 87.9 cm³/mol. The summed E-state index contributed by atoms with van der Waals surface area (Å²) in [5, 5.41) is 0. The van der Waals surface area contributed by atoms with Gasteiger partial charge in [-0.25, -0.2) is 4.98 Å². The fourth-order valence-corrected chi connectivity index (χ4v) is 3.42. The molecule has 2 aromatic rings. The van der Waals surface area contributed by atoms with Gasteiger partial charge in [-0.1, -0.05) is 0 Å². The number of Topliss-reactive ketones (excluding diaryl/α,β-unsaturated/α-hetero) is 1. The van der Waals surface area contributed by atoms with Crippen LogP contribution >= 0.6 is 0 Å². The number of benzene rings is 1. The van der Waals surface area contributed by atoms with Crippen LogP contribution in [0.25, 0.3) is 0 Å². The van der Waals surface area contributed by atoms with Crippen LogP contribution in [0.4, 0.5) is 0 Å². The summed E-state index contributed by atoms with van der Waals surface area (Å²) in [5.74, 6) is 0.985. The Kier molecular flexibility index (Phi) is 3.63. The lowest BCUT2D eigenvalue weighted by atomic mass is 9.89. The number of carbonyl (C=O) groups excluding carboxylic acids is 2. The highest BCUT2D eigenvalue weighted by atomic mass is 16.5. The second-order valence-electron chi connectivity index (χ2n) is 6.31. The third kappa shape index (κ3) is 2.71. The van der Waals surface area contributed by atoms with Gasteiger partial charge in [-0.05, 0) is 18.2 Å². The minimum atomic E-state index is -0.670. The molecular weight excluding hydrogens is 322 g/mol. The third-order valence-electron chi connectivity index (χ3n) is 4.68. The predicted octanol–water partition coefficient (Wildman–Crippen LogP) is 1.74. The van der Waals surface area contributed by atoms with Crippen molar-refractivity contribution in [2.24, 2.45) is 0 Å². The quantitative estimate of drug-likeness (QED) is 0.829. The first kappa shape index (κ1) is 15.6. The molecule has 1 saturated heterocycles. The largest absolute Gasteiger partial charge is 0.497 e. The number of ketones is 1. The highest BCUT2D eigenvalue weighted by Crippen LogP contribution is 2.40. The van der Waals surface area contributed by atoms with Gasteiger partial charge in [0.25, 0.3) is 5.91 Å². The van der Waals surface area contributed by atoms with Crippen LogP contribution in [-0.4, -0.2) is 52.4 Å². The van der Waals surface area contributed by atoms with Gasteiger partial charge in [0.05, 0.1) is 31.8 Å². The van der Waals surface area contributed by atoms with Gasteiger partial charge in [0.2, 0.25) is 0 Å². The number of hydrogen-bond donors (Lipinski definition) is 0. The molecule has 4 rings (SSSR count). The van der Waals surface area contributed by atoms with Crippen LogP contribution in [0.1, 0.15) is 33.7 Å². The molecule has 0 N–H and O–H groups in total. The average Bonchev–Trinajstić information content (AvgIpc) is 3.04. The summed E-state index contributed by atoms with van der Waals surface area (Å²) < 4.78 is 11.3. The Balaban J connectivity index is 1.56. The van der Waals surface area contributed by atoms with Crippen molar-refractivity contribution >= 4 is 11.7 Å². The maximum absolute atomic E-state index is 12.6. The van der Waals surface area contributed by atoms with E-state index in [2.05, 4.69) is 9.97 Å². The first-order chi connectivity index (χ1) is 12.1. The van der Waals surface area contributed by atoms with Crippen LogP contribution < -0.4 is 9.47 Å². The molecule has 1 spiro atoms. The highest BCUT2D eigenvalue weighted by Gasteiger charge is 2.47. The maximum atomic E-state index is 12.6. The van der Waals surface area contributed by atoms with Crippen LogP contribution in [0, 0.1) is 0 Å². The van der Waals surface area contributed by atoms with Crippen molar-refractivity contribution in [2.75, 3.05) is 20.2 Å². The molecule has 0 saturated carbocycles. The number of aromatic nitrogens is 2. The molecule has 0 aliphatic carbocycles.